The summed E-state index contributed by atoms with van der Waals surface area (Å²) in [5.41, 5.74) is 6.57. The SMILES string of the molecule is [N-]=[N+]=NCCCN1C2CC1(O)C(O)C(O)C2C(=O)O. The fraction of sp³-hybridized carbons (Fsp3) is 0.900. The van der Waals surface area contributed by atoms with Gasteiger partial charge < -0.3 is 20.4 Å². The molecule has 106 valence electrons. The Bertz CT molecular complexity index is 426. The minimum atomic E-state index is -1.58. The molecule has 19 heavy (non-hydrogen) atoms. The van der Waals surface area contributed by atoms with Gasteiger partial charge in [-0.25, -0.2) is 0 Å². The molecule has 0 radical (unpaired) electrons. The number of aliphatic hydroxyl groups excluding tert-OH is 2. The predicted molar refractivity (Wildman–Crippen MR) is 61.8 cm³/mol. The van der Waals surface area contributed by atoms with Crippen LogP contribution < -0.4 is 0 Å². The van der Waals surface area contributed by atoms with Gasteiger partial charge >= 0.3 is 5.97 Å². The van der Waals surface area contributed by atoms with Gasteiger partial charge in [0.1, 0.15) is 17.7 Å². The van der Waals surface area contributed by atoms with Crippen molar-refractivity contribution in [2.45, 2.75) is 36.8 Å². The van der Waals surface area contributed by atoms with Crippen molar-refractivity contribution in [3.8, 4) is 0 Å². The van der Waals surface area contributed by atoms with E-state index in [0.29, 0.717) is 13.0 Å². The molecule has 0 aromatic rings. The molecule has 3 rings (SSSR count). The van der Waals surface area contributed by atoms with Crippen molar-refractivity contribution in [1.82, 2.24) is 4.90 Å². The first-order chi connectivity index (χ1) is 8.93. The zero-order valence-electron chi connectivity index (χ0n) is 10.1. The minimum Gasteiger partial charge on any atom is -0.481 e. The van der Waals surface area contributed by atoms with Gasteiger partial charge in [-0.15, -0.1) is 0 Å². The molecule has 1 saturated carbocycles. The van der Waals surface area contributed by atoms with E-state index < -0.39 is 35.9 Å². The number of carboxylic acid groups (broad SMARTS) is 1. The second kappa shape index (κ2) is 4.95. The Morgan fingerprint density at radius 2 is 2.21 bits per heavy atom. The molecule has 4 N–H and O–H groups in total. The highest BCUT2D eigenvalue weighted by molar-refractivity contribution is 5.72. The van der Waals surface area contributed by atoms with Crippen LogP contribution in [0.25, 0.3) is 10.4 Å². The van der Waals surface area contributed by atoms with Gasteiger partial charge in [0, 0.05) is 30.5 Å². The number of azide groups is 1. The summed E-state index contributed by atoms with van der Waals surface area (Å²) in [5, 5.41) is 42.2. The van der Waals surface area contributed by atoms with Crippen LogP contribution >= 0.6 is 0 Å². The average molecular weight is 272 g/mol. The van der Waals surface area contributed by atoms with E-state index in [2.05, 4.69) is 10.0 Å². The molecule has 0 amide bonds. The number of aliphatic hydroxyl groups is 3. The van der Waals surface area contributed by atoms with Gasteiger partial charge in [0.2, 0.25) is 0 Å². The van der Waals surface area contributed by atoms with Gasteiger partial charge in [-0.1, -0.05) is 5.11 Å². The van der Waals surface area contributed by atoms with Gasteiger partial charge in [-0.05, 0) is 12.0 Å². The van der Waals surface area contributed by atoms with E-state index in [1.807, 2.05) is 0 Å². The molecule has 0 spiro atoms. The molecule has 2 bridgehead atoms. The highest BCUT2D eigenvalue weighted by atomic mass is 16.4. The Balaban J connectivity index is 2.08. The zero-order valence-corrected chi connectivity index (χ0v) is 10.1. The first-order valence-electron chi connectivity index (χ1n) is 6.02. The van der Waals surface area contributed by atoms with E-state index in [0.717, 1.165) is 0 Å². The first-order valence-corrected chi connectivity index (χ1v) is 6.02. The summed E-state index contributed by atoms with van der Waals surface area (Å²) in [7, 11) is 0. The number of carbonyl (C=O) groups is 1. The van der Waals surface area contributed by atoms with E-state index in [9.17, 15) is 20.1 Å². The van der Waals surface area contributed by atoms with Gasteiger partial charge in [0.25, 0.3) is 0 Å². The summed E-state index contributed by atoms with van der Waals surface area (Å²) in [5.74, 6) is -2.32. The third-order valence-electron chi connectivity index (χ3n) is 3.99. The molecule has 2 heterocycles. The van der Waals surface area contributed by atoms with E-state index >= 15 is 0 Å². The van der Waals surface area contributed by atoms with Crippen LogP contribution in [0.15, 0.2) is 5.11 Å². The number of fused-ring (bicyclic) bond motifs is 2. The summed E-state index contributed by atoms with van der Waals surface area (Å²) < 4.78 is 0. The van der Waals surface area contributed by atoms with Gasteiger partial charge in [0.15, 0.2) is 0 Å². The Morgan fingerprint density at radius 3 is 2.79 bits per heavy atom. The van der Waals surface area contributed by atoms with Crippen molar-refractivity contribution in [3.63, 3.8) is 0 Å². The van der Waals surface area contributed by atoms with Crippen LogP contribution in [0, 0.1) is 5.92 Å². The predicted octanol–water partition coefficient (Wildman–Crippen LogP) is -1.11. The van der Waals surface area contributed by atoms with Gasteiger partial charge in [0.05, 0.1) is 6.10 Å². The Morgan fingerprint density at radius 1 is 1.53 bits per heavy atom. The standard InChI is InChI=1S/C10H16N4O5/c11-13-12-2-1-3-14-5-4-10(14,19)8(16)7(15)6(5)9(17)18/h5-8,15-16,19H,1-4H2,(H,17,18). The maximum atomic E-state index is 11.1. The number of hydrogen-bond acceptors (Lipinski definition) is 6. The van der Waals surface area contributed by atoms with Crippen LogP contribution in [0.1, 0.15) is 12.8 Å². The Kier molecular flexibility index (Phi) is 3.66. The number of carboxylic acids is 1. The molecule has 3 fully saturated rings. The van der Waals surface area contributed by atoms with E-state index in [-0.39, 0.29) is 13.0 Å². The maximum Gasteiger partial charge on any atom is 0.310 e. The van der Waals surface area contributed by atoms with Crippen LogP contribution in [-0.2, 0) is 4.79 Å². The molecule has 1 aliphatic carbocycles. The monoisotopic (exact) mass is 272 g/mol. The lowest BCUT2D eigenvalue weighted by atomic mass is 9.66. The molecule has 3 aliphatic rings. The van der Waals surface area contributed by atoms with Crippen LogP contribution in [-0.4, -0.2) is 68.4 Å². The summed E-state index contributed by atoms with van der Waals surface area (Å²) >= 11 is 0. The van der Waals surface area contributed by atoms with E-state index in [1.165, 1.54) is 4.90 Å². The van der Waals surface area contributed by atoms with Crippen LogP contribution in [0.2, 0.25) is 0 Å². The number of rotatable bonds is 5. The topological polar surface area (TPSA) is 150 Å². The van der Waals surface area contributed by atoms with Crippen molar-refractivity contribution in [1.29, 1.82) is 0 Å². The zero-order chi connectivity index (χ0) is 14.2. The fourth-order valence-electron chi connectivity index (χ4n) is 3.05. The molecule has 2 aliphatic heterocycles. The lowest BCUT2D eigenvalue weighted by Gasteiger charge is -2.64. The summed E-state index contributed by atoms with van der Waals surface area (Å²) in [6, 6.07) is -0.507. The van der Waals surface area contributed by atoms with Gasteiger partial charge in [-0.3, -0.25) is 9.69 Å². The number of piperidine rings is 1. The van der Waals surface area contributed by atoms with E-state index in [1.54, 1.807) is 0 Å². The average Bonchev–Trinajstić information content (AvgIpc) is 2.34. The molecule has 5 atom stereocenters. The molecule has 5 unspecified atom stereocenters. The van der Waals surface area contributed by atoms with Crippen LogP contribution in [0.3, 0.4) is 0 Å². The number of hydrogen-bond donors (Lipinski definition) is 4. The molecule has 0 aromatic carbocycles. The molecule has 2 saturated heterocycles. The quantitative estimate of drug-likeness (QED) is 0.215. The Hall–Kier alpha value is -1.38. The van der Waals surface area contributed by atoms with Crippen molar-refractivity contribution in [2.75, 3.05) is 13.1 Å². The Labute approximate surface area is 108 Å². The van der Waals surface area contributed by atoms with Crippen molar-refractivity contribution in [2.24, 2.45) is 11.0 Å². The summed E-state index contributed by atoms with van der Waals surface area (Å²) in [6.07, 6.45) is -2.44. The van der Waals surface area contributed by atoms with Crippen LogP contribution in [0.5, 0.6) is 0 Å². The molecule has 0 aromatic heterocycles. The maximum absolute atomic E-state index is 11.1. The minimum absolute atomic E-state index is 0.115. The van der Waals surface area contributed by atoms with Crippen molar-refractivity contribution >= 4 is 5.97 Å². The second-order valence-corrected chi connectivity index (χ2v) is 4.95. The highest BCUT2D eigenvalue weighted by Gasteiger charge is 2.67. The highest BCUT2D eigenvalue weighted by Crippen LogP contribution is 2.48. The lowest BCUT2D eigenvalue weighted by molar-refractivity contribution is -0.331. The second-order valence-electron chi connectivity index (χ2n) is 4.95. The first kappa shape index (κ1) is 14.0. The third kappa shape index (κ3) is 2.05. The summed E-state index contributed by atoms with van der Waals surface area (Å²) in [6.45, 7) is 0.528. The molecular formula is C10H16N4O5. The number of aliphatic carboxylic acids is 1. The smallest absolute Gasteiger partial charge is 0.310 e. The number of nitrogens with zero attached hydrogens (tertiary/aromatic N) is 4. The normalized spacial score (nSPS) is 41.2. The molecule has 9 heteroatoms. The lowest BCUT2D eigenvalue weighted by Crippen LogP contribution is -2.81. The van der Waals surface area contributed by atoms with Crippen molar-refractivity contribution < 1.29 is 25.2 Å². The van der Waals surface area contributed by atoms with Crippen LogP contribution in [0.4, 0.5) is 0 Å². The molecule has 9 nitrogen and oxygen atoms in total. The summed E-state index contributed by atoms with van der Waals surface area (Å²) in [4.78, 5) is 15.2. The van der Waals surface area contributed by atoms with E-state index in [4.69, 9.17) is 10.6 Å². The third-order valence-corrected chi connectivity index (χ3v) is 3.99. The fourth-order valence-corrected chi connectivity index (χ4v) is 3.05. The van der Waals surface area contributed by atoms with Crippen molar-refractivity contribution in [3.05, 3.63) is 10.4 Å². The largest absolute Gasteiger partial charge is 0.481 e. The molecular weight excluding hydrogens is 256 g/mol. The van der Waals surface area contributed by atoms with Gasteiger partial charge in [-0.2, -0.15) is 0 Å².